The Hall–Kier alpha value is -1.58. The molecule has 0 fully saturated rings. The van der Waals surface area contributed by atoms with E-state index in [1.54, 1.807) is 14.2 Å². The van der Waals surface area contributed by atoms with Gasteiger partial charge in [0, 0.05) is 13.6 Å². The van der Waals surface area contributed by atoms with Crippen LogP contribution in [0.25, 0.3) is 0 Å². The molecule has 0 saturated carbocycles. The van der Waals surface area contributed by atoms with Crippen molar-refractivity contribution in [1.82, 2.24) is 5.01 Å². The molecule has 0 radical (unpaired) electrons. The molecule has 0 aliphatic rings. The summed E-state index contributed by atoms with van der Waals surface area (Å²) in [7, 11) is 3.30. The van der Waals surface area contributed by atoms with Crippen LogP contribution in [0.3, 0.4) is 0 Å². The van der Waals surface area contributed by atoms with Gasteiger partial charge in [-0.25, -0.2) is 0 Å². The molecular formula is C10H14N2O2. The predicted octanol–water partition coefficient (Wildman–Crippen LogP) is 1.85. The van der Waals surface area contributed by atoms with Crippen molar-refractivity contribution in [1.29, 1.82) is 0 Å². The monoisotopic (exact) mass is 194 g/mol. The van der Waals surface area contributed by atoms with Gasteiger partial charge in [0.1, 0.15) is 5.75 Å². The summed E-state index contributed by atoms with van der Waals surface area (Å²) in [5, 5.41) is 4.18. The van der Waals surface area contributed by atoms with Crippen LogP contribution in [0.1, 0.15) is 5.56 Å². The Kier molecular flexibility index (Phi) is 3.91. The first-order valence-corrected chi connectivity index (χ1v) is 4.43. The lowest BCUT2D eigenvalue weighted by Gasteiger charge is -2.08. The summed E-state index contributed by atoms with van der Waals surface area (Å²) in [5.74, 6) is 0.843. The molecule has 0 unspecified atom stereocenters. The average Bonchev–Trinajstić information content (AvgIpc) is 2.26. The summed E-state index contributed by atoms with van der Waals surface area (Å²) in [4.78, 5) is 10.1. The van der Waals surface area contributed by atoms with E-state index >= 15 is 0 Å². The van der Waals surface area contributed by atoms with Crippen LogP contribution in [0.2, 0.25) is 0 Å². The summed E-state index contributed by atoms with van der Waals surface area (Å²) < 4.78 is 5.04. The molecule has 0 atom stereocenters. The van der Waals surface area contributed by atoms with E-state index in [0.29, 0.717) is 6.54 Å². The molecule has 4 heteroatoms. The SMILES string of the molecule is COc1ccc(CCN(C)N=O)cc1. The highest BCUT2D eigenvalue weighted by molar-refractivity contribution is 5.27. The van der Waals surface area contributed by atoms with Gasteiger partial charge in [-0.05, 0) is 24.1 Å². The summed E-state index contributed by atoms with van der Waals surface area (Å²) in [6.07, 6.45) is 0.812. The second-order valence-electron chi connectivity index (χ2n) is 3.06. The standard InChI is InChI=1S/C10H14N2O2/c1-12(11-13)8-7-9-3-5-10(14-2)6-4-9/h3-6H,7-8H2,1-2H3. The lowest BCUT2D eigenvalue weighted by molar-refractivity contribution is 0.354. The van der Waals surface area contributed by atoms with Crippen molar-refractivity contribution in [2.75, 3.05) is 20.7 Å². The molecule has 0 saturated heterocycles. The molecule has 1 aromatic carbocycles. The molecule has 1 rings (SSSR count). The van der Waals surface area contributed by atoms with Gasteiger partial charge in [0.15, 0.2) is 0 Å². The number of rotatable bonds is 5. The predicted molar refractivity (Wildman–Crippen MR) is 55.1 cm³/mol. The molecule has 1 aromatic rings. The maximum absolute atomic E-state index is 10.1. The number of hydrogen-bond acceptors (Lipinski definition) is 3. The second-order valence-corrected chi connectivity index (χ2v) is 3.06. The van der Waals surface area contributed by atoms with Crippen LogP contribution in [0.15, 0.2) is 29.6 Å². The van der Waals surface area contributed by atoms with Crippen molar-refractivity contribution in [3.05, 3.63) is 34.7 Å². The third-order valence-corrected chi connectivity index (χ3v) is 2.02. The minimum Gasteiger partial charge on any atom is -0.497 e. The molecule has 14 heavy (non-hydrogen) atoms. The highest BCUT2D eigenvalue weighted by atomic mass is 16.5. The fraction of sp³-hybridized carbons (Fsp3) is 0.400. The Bertz CT molecular complexity index is 285. The molecule has 0 aliphatic heterocycles. The first-order valence-electron chi connectivity index (χ1n) is 4.43. The van der Waals surface area contributed by atoms with E-state index in [0.717, 1.165) is 12.2 Å². The Balaban J connectivity index is 2.47. The van der Waals surface area contributed by atoms with Gasteiger partial charge < -0.3 is 4.74 Å². The van der Waals surface area contributed by atoms with Gasteiger partial charge in [0.25, 0.3) is 0 Å². The van der Waals surface area contributed by atoms with Gasteiger partial charge in [-0.3, -0.25) is 5.01 Å². The van der Waals surface area contributed by atoms with Crippen molar-refractivity contribution in [2.45, 2.75) is 6.42 Å². The van der Waals surface area contributed by atoms with Crippen LogP contribution in [-0.4, -0.2) is 25.7 Å². The zero-order valence-electron chi connectivity index (χ0n) is 8.43. The van der Waals surface area contributed by atoms with Gasteiger partial charge >= 0.3 is 0 Å². The minimum absolute atomic E-state index is 0.635. The molecule has 0 aromatic heterocycles. The van der Waals surface area contributed by atoms with Gasteiger partial charge in [0.05, 0.1) is 12.4 Å². The first kappa shape index (κ1) is 10.5. The van der Waals surface area contributed by atoms with Crippen LogP contribution in [0, 0.1) is 4.91 Å². The lowest BCUT2D eigenvalue weighted by Crippen LogP contribution is -2.13. The van der Waals surface area contributed by atoms with Gasteiger partial charge in [-0.15, -0.1) is 4.91 Å². The number of nitroso groups, excluding NO2 is 1. The Morgan fingerprint density at radius 1 is 1.36 bits per heavy atom. The van der Waals surface area contributed by atoms with E-state index in [-0.39, 0.29) is 0 Å². The lowest BCUT2D eigenvalue weighted by atomic mass is 10.1. The number of methoxy groups -OCH3 is 1. The zero-order valence-corrected chi connectivity index (χ0v) is 8.43. The summed E-state index contributed by atoms with van der Waals surface area (Å²) >= 11 is 0. The third kappa shape index (κ3) is 3.05. The summed E-state index contributed by atoms with van der Waals surface area (Å²) in [6, 6.07) is 7.78. The van der Waals surface area contributed by atoms with E-state index < -0.39 is 0 Å². The van der Waals surface area contributed by atoms with E-state index in [1.165, 1.54) is 10.6 Å². The summed E-state index contributed by atoms with van der Waals surface area (Å²) in [5.41, 5.74) is 1.17. The molecule has 76 valence electrons. The van der Waals surface area contributed by atoms with E-state index in [9.17, 15) is 4.91 Å². The molecule has 0 spiro atoms. The smallest absolute Gasteiger partial charge is 0.118 e. The minimum atomic E-state index is 0.635. The fourth-order valence-electron chi connectivity index (χ4n) is 1.12. The fourth-order valence-corrected chi connectivity index (χ4v) is 1.12. The molecule has 0 amide bonds. The number of nitrogens with zero attached hydrogens (tertiary/aromatic N) is 2. The van der Waals surface area contributed by atoms with E-state index in [1.807, 2.05) is 24.3 Å². The van der Waals surface area contributed by atoms with E-state index in [4.69, 9.17) is 4.74 Å². The topological polar surface area (TPSA) is 41.9 Å². The van der Waals surface area contributed by atoms with Crippen LogP contribution in [0.4, 0.5) is 0 Å². The Labute approximate surface area is 83.4 Å². The van der Waals surface area contributed by atoms with Gasteiger partial charge in [-0.1, -0.05) is 12.1 Å². The summed E-state index contributed by atoms with van der Waals surface area (Å²) in [6.45, 7) is 0.635. The highest BCUT2D eigenvalue weighted by Crippen LogP contribution is 2.11. The zero-order chi connectivity index (χ0) is 10.4. The first-order chi connectivity index (χ1) is 6.76. The van der Waals surface area contributed by atoms with Gasteiger partial charge in [-0.2, -0.15) is 0 Å². The van der Waals surface area contributed by atoms with Crippen molar-refractivity contribution in [3.8, 4) is 5.75 Å². The van der Waals surface area contributed by atoms with Crippen LogP contribution in [0.5, 0.6) is 5.75 Å². The molecule has 0 bridgehead atoms. The normalized spacial score (nSPS) is 9.57. The number of ether oxygens (including phenoxy) is 1. The molecule has 0 N–H and O–H groups in total. The van der Waals surface area contributed by atoms with E-state index in [2.05, 4.69) is 5.29 Å². The largest absolute Gasteiger partial charge is 0.497 e. The second kappa shape index (κ2) is 5.21. The average molecular weight is 194 g/mol. The molecular weight excluding hydrogens is 180 g/mol. The van der Waals surface area contributed by atoms with Crippen LogP contribution < -0.4 is 4.74 Å². The van der Waals surface area contributed by atoms with Crippen molar-refractivity contribution in [3.63, 3.8) is 0 Å². The quantitative estimate of drug-likeness (QED) is 0.530. The van der Waals surface area contributed by atoms with Crippen molar-refractivity contribution >= 4 is 0 Å². The molecule has 0 heterocycles. The number of likely N-dealkylation sites (N-methyl/N-ethyl adjacent to an activating group) is 1. The van der Waals surface area contributed by atoms with Gasteiger partial charge in [0.2, 0.25) is 0 Å². The third-order valence-electron chi connectivity index (χ3n) is 2.02. The van der Waals surface area contributed by atoms with Crippen molar-refractivity contribution in [2.24, 2.45) is 5.29 Å². The maximum Gasteiger partial charge on any atom is 0.118 e. The molecule has 0 aliphatic carbocycles. The number of benzene rings is 1. The van der Waals surface area contributed by atoms with Crippen LogP contribution >= 0.6 is 0 Å². The van der Waals surface area contributed by atoms with Crippen molar-refractivity contribution < 1.29 is 4.74 Å². The Morgan fingerprint density at radius 3 is 2.50 bits per heavy atom. The van der Waals surface area contributed by atoms with Crippen LogP contribution in [-0.2, 0) is 6.42 Å². The highest BCUT2D eigenvalue weighted by Gasteiger charge is 1.97. The Morgan fingerprint density at radius 2 is 2.00 bits per heavy atom. The molecule has 4 nitrogen and oxygen atoms in total. The number of hydrogen-bond donors (Lipinski definition) is 0. The maximum atomic E-state index is 10.1.